The number of nitrogens with two attached hydrogens (primary N) is 1. The molecule has 0 saturated heterocycles. The van der Waals surface area contributed by atoms with Crippen LogP contribution in [0.5, 0.6) is 0 Å². The minimum Gasteiger partial charge on any atom is -0.394 e. The van der Waals surface area contributed by atoms with E-state index >= 15 is 0 Å². The third kappa shape index (κ3) is 2.00. The lowest BCUT2D eigenvalue weighted by Gasteiger charge is -2.07. The van der Waals surface area contributed by atoms with Crippen LogP contribution in [0.4, 0.5) is 5.82 Å². The average Bonchev–Trinajstić information content (AvgIpc) is 2.72. The second-order valence-electron chi connectivity index (χ2n) is 5.30. The van der Waals surface area contributed by atoms with Crippen molar-refractivity contribution in [2.75, 3.05) is 12.3 Å². The Bertz CT molecular complexity index is 776. The van der Waals surface area contributed by atoms with E-state index in [1.165, 1.54) is 5.56 Å². The lowest BCUT2D eigenvalue weighted by atomic mass is 10.0. The quantitative estimate of drug-likeness (QED) is 0.765. The summed E-state index contributed by atoms with van der Waals surface area (Å²) >= 11 is 0. The van der Waals surface area contributed by atoms with Crippen LogP contribution in [0, 0.1) is 0 Å². The Kier molecular flexibility index (Phi) is 3.06. The van der Waals surface area contributed by atoms with E-state index in [0.29, 0.717) is 18.3 Å². The Balaban J connectivity index is 2.27. The second kappa shape index (κ2) is 4.76. The van der Waals surface area contributed by atoms with Gasteiger partial charge in [0.15, 0.2) is 11.5 Å². The largest absolute Gasteiger partial charge is 0.394 e. The Morgan fingerprint density at radius 1 is 1.30 bits per heavy atom. The molecule has 5 nitrogen and oxygen atoms in total. The molecule has 5 heteroatoms. The summed E-state index contributed by atoms with van der Waals surface area (Å²) in [5.74, 6) is 0.933. The molecule has 0 aliphatic heterocycles. The van der Waals surface area contributed by atoms with Crippen molar-refractivity contribution >= 4 is 27.8 Å². The van der Waals surface area contributed by atoms with Crippen molar-refractivity contribution in [1.82, 2.24) is 14.8 Å². The first-order valence-electron chi connectivity index (χ1n) is 6.77. The molecule has 0 unspecified atom stereocenters. The maximum atomic E-state index is 9.07. The standard InChI is InChI=1S/C15H18N4O/c1-9(2)10-3-4-13-11(7-10)8-12-14(16)18-19(5-6-20)15(12)17-13/h3-4,7-9,20H,5-6H2,1-2H3,(H2,16,18). The molecule has 0 saturated carbocycles. The summed E-state index contributed by atoms with van der Waals surface area (Å²) in [5.41, 5.74) is 8.86. The number of nitrogen functional groups attached to an aromatic ring is 1. The predicted molar refractivity (Wildman–Crippen MR) is 80.6 cm³/mol. The van der Waals surface area contributed by atoms with Gasteiger partial charge in [0.25, 0.3) is 0 Å². The molecule has 1 aromatic carbocycles. The molecule has 0 atom stereocenters. The van der Waals surface area contributed by atoms with Crippen molar-refractivity contribution in [3.8, 4) is 0 Å². The van der Waals surface area contributed by atoms with Crippen LogP contribution < -0.4 is 5.73 Å². The van der Waals surface area contributed by atoms with E-state index in [0.717, 1.165) is 21.9 Å². The number of pyridine rings is 1. The first-order valence-corrected chi connectivity index (χ1v) is 6.77. The highest BCUT2D eigenvalue weighted by molar-refractivity contribution is 5.96. The van der Waals surface area contributed by atoms with Crippen molar-refractivity contribution in [3.05, 3.63) is 29.8 Å². The smallest absolute Gasteiger partial charge is 0.160 e. The topological polar surface area (TPSA) is 77.0 Å². The maximum Gasteiger partial charge on any atom is 0.160 e. The molecule has 3 N–H and O–H groups in total. The van der Waals surface area contributed by atoms with Crippen LogP contribution >= 0.6 is 0 Å². The van der Waals surface area contributed by atoms with E-state index in [1.54, 1.807) is 4.68 Å². The normalized spacial score (nSPS) is 11.8. The van der Waals surface area contributed by atoms with Crippen LogP contribution in [-0.2, 0) is 6.54 Å². The average molecular weight is 270 g/mol. The number of aliphatic hydroxyl groups is 1. The first-order chi connectivity index (χ1) is 9.60. The summed E-state index contributed by atoms with van der Waals surface area (Å²) in [6.07, 6.45) is 0. The summed E-state index contributed by atoms with van der Waals surface area (Å²) in [4.78, 5) is 4.63. The van der Waals surface area contributed by atoms with Gasteiger partial charge < -0.3 is 10.8 Å². The van der Waals surface area contributed by atoms with E-state index in [2.05, 4.69) is 36.1 Å². The molecule has 3 rings (SSSR count). The molecule has 0 spiro atoms. The SMILES string of the molecule is CC(C)c1ccc2nc3c(cc2c1)c(N)nn3CCO. The lowest BCUT2D eigenvalue weighted by Crippen LogP contribution is -2.05. The van der Waals surface area contributed by atoms with Gasteiger partial charge in [-0.25, -0.2) is 9.67 Å². The molecule has 2 heterocycles. The van der Waals surface area contributed by atoms with Gasteiger partial charge in [-0.05, 0) is 29.7 Å². The third-order valence-electron chi connectivity index (χ3n) is 3.55. The van der Waals surface area contributed by atoms with Crippen LogP contribution in [-0.4, -0.2) is 26.5 Å². The van der Waals surface area contributed by atoms with Gasteiger partial charge in [-0.3, -0.25) is 0 Å². The fourth-order valence-corrected chi connectivity index (χ4v) is 2.41. The van der Waals surface area contributed by atoms with Gasteiger partial charge in [0.1, 0.15) is 0 Å². The van der Waals surface area contributed by atoms with E-state index < -0.39 is 0 Å². The van der Waals surface area contributed by atoms with Gasteiger partial charge in [-0.15, -0.1) is 0 Å². The van der Waals surface area contributed by atoms with Gasteiger partial charge in [0.2, 0.25) is 0 Å². The summed E-state index contributed by atoms with van der Waals surface area (Å²) < 4.78 is 1.65. The zero-order chi connectivity index (χ0) is 14.3. The molecular formula is C15H18N4O. The Hall–Kier alpha value is -2.14. The molecule has 0 aliphatic carbocycles. The van der Waals surface area contributed by atoms with E-state index in [1.807, 2.05) is 12.1 Å². The number of nitrogens with zero attached hydrogens (tertiary/aromatic N) is 3. The molecule has 0 radical (unpaired) electrons. The number of benzene rings is 1. The predicted octanol–water partition coefficient (Wildman–Crippen LogP) is 2.28. The van der Waals surface area contributed by atoms with E-state index in [-0.39, 0.29) is 6.61 Å². The Morgan fingerprint density at radius 3 is 2.80 bits per heavy atom. The number of anilines is 1. The van der Waals surface area contributed by atoms with E-state index in [4.69, 9.17) is 10.8 Å². The minimum atomic E-state index is 0.0161. The fourth-order valence-electron chi connectivity index (χ4n) is 2.41. The van der Waals surface area contributed by atoms with Crippen molar-refractivity contribution in [1.29, 1.82) is 0 Å². The highest BCUT2D eigenvalue weighted by Gasteiger charge is 2.11. The molecule has 0 bridgehead atoms. The number of hydrogen-bond acceptors (Lipinski definition) is 4. The minimum absolute atomic E-state index is 0.0161. The number of hydrogen-bond donors (Lipinski definition) is 2. The number of rotatable bonds is 3. The zero-order valence-electron chi connectivity index (χ0n) is 11.7. The number of fused-ring (bicyclic) bond motifs is 2. The highest BCUT2D eigenvalue weighted by Crippen LogP contribution is 2.26. The molecule has 0 aliphatic rings. The molecule has 2 aromatic heterocycles. The first kappa shape index (κ1) is 12.9. The Labute approximate surface area is 117 Å². The van der Waals surface area contributed by atoms with Gasteiger partial charge in [-0.1, -0.05) is 19.9 Å². The van der Waals surface area contributed by atoms with Crippen LogP contribution in [0.1, 0.15) is 25.3 Å². The van der Waals surface area contributed by atoms with Crippen LogP contribution in [0.15, 0.2) is 24.3 Å². The molecule has 3 aromatic rings. The molecule has 104 valence electrons. The molecule has 0 amide bonds. The second-order valence-corrected chi connectivity index (χ2v) is 5.30. The van der Waals surface area contributed by atoms with Gasteiger partial charge in [0.05, 0.1) is 24.1 Å². The highest BCUT2D eigenvalue weighted by atomic mass is 16.3. The number of aromatic nitrogens is 3. The molecule has 20 heavy (non-hydrogen) atoms. The lowest BCUT2D eigenvalue weighted by molar-refractivity contribution is 0.271. The zero-order valence-corrected chi connectivity index (χ0v) is 11.7. The van der Waals surface area contributed by atoms with Crippen molar-refractivity contribution in [2.45, 2.75) is 26.3 Å². The molecular weight excluding hydrogens is 252 g/mol. The van der Waals surface area contributed by atoms with Gasteiger partial charge >= 0.3 is 0 Å². The van der Waals surface area contributed by atoms with Crippen molar-refractivity contribution in [3.63, 3.8) is 0 Å². The summed E-state index contributed by atoms with van der Waals surface area (Å²) in [6.45, 7) is 4.75. The van der Waals surface area contributed by atoms with Gasteiger partial charge in [-0.2, -0.15) is 5.10 Å². The van der Waals surface area contributed by atoms with Crippen LogP contribution in [0.2, 0.25) is 0 Å². The van der Waals surface area contributed by atoms with E-state index in [9.17, 15) is 0 Å². The van der Waals surface area contributed by atoms with Crippen LogP contribution in [0.3, 0.4) is 0 Å². The van der Waals surface area contributed by atoms with Crippen molar-refractivity contribution in [2.24, 2.45) is 0 Å². The monoisotopic (exact) mass is 270 g/mol. The maximum absolute atomic E-state index is 9.07. The fraction of sp³-hybridized carbons (Fsp3) is 0.333. The summed E-state index contributed by atoms with van der Waals surface area (Å²) in [5, 5.41) is 15.2. The number of aliphatic hydroxyl groups excluding tert-OH is 1. The van der Waals surface area contributed by atoms with Gasteiger partial charge in [0, 0.05) is 5.39 Å². The Morgan fingerprint density at radius 2 is 2.10 bits per heavy atom. The molecule has 0 fully saturated rings. The summed E-state index contributed by atoms with van der Waals surface area (Å²) in [7, 11) is 0. The third-order valence-corrected chi connectivity index (χ3v) is 3.55. The van der Waals surface area contributed by atoms with Crippen LogP contribution in [0.25, 0.3) is 21.9 Å². The summed E-state index contributed by atoms with van der Waals surface area (Å²) in [6, 6.07) is 8.30. The van der Waals surface area contributed by atoms with Crippen molar-refractivity contribution < 1.29 is 5.11 Å².